The number of hydrogen-bond donors (Lipinski definition) is 0. The lowest BCUT2D eigenvalue weighted by molar-refractivity contribution is 0.855. The van der Waals surface area contributed by atoms with Crippen LogP contribution in [-0.4, -0.2) is 4.57 Å². The number of thiazole rings is 1. The molecule has 0 saturated carbocycles. The first-order chi connectivity index (χ1) is 10.1. The summed E-state index contributed by atoms with van der Waals surface area (Å²) in [6.07, 6.45) is 2.75. The summed E-state index contributed by atoms with van der Waals surface area (Å²) in [6, 6.07) is 11.6. The Morgan fingerprint density at radius 1 is 1.29 bits per heavy atom. The highest BCUT2D eigenvalue weighted by Crippen LogP contribution is 2.05. The molecule has 21 heavy (non-hydrogen) atoms. The van der Waals surface area contributed by atoms with Crippen molar-refractivity contribution < 1.29 is 0 Å². The molecule has 104 valence electrons. The second-order valence-corrected chi connectivity index (χ2v) is 5.50. The Morgan fingerprint density at radius 3 is 2.43 bits per heavy atom. The number of rotatable bonds is 2. The molecular formula is C16H13N3OS. The first-order valence-electron chi connectivity index (χ1n) is 6.41. The van der Waals surface area contributed by atoms with Crippen LogP contribution in [-0.2, 0) is 13.5 Å². The largest absolute Gasteiger partial charge is 0.300 e. The zero-order valence-corrected chi connectivity index (χ0v) is 12.6. The van der Waals surface area contributed by atoms with Gasteiger partial charge in [-0.1, -0.05) is 31.2 Å². The van der Waals surface area contributed by atoms with Crippen LogP contribution in [0.2, 0.25) is 0 Å². The Kier molecular flexibility index (Phi) is 4.37. The van der Waals surface area contributed by atoms with E-state index in [1.165, 1.54) is 10.1 Å². The monoisotopic (exact) mass is 295 g/mol. The SMILES string of the molecule is CCc1ccc(/C=c2\sc(=C(C#N)C#N)n(C)c2=O)cc1. The zero-order chi connectivity index (χ0) is 15.4. The second kappa shape index (κ2) is 6.21. The predicted molar refractivity (Wildman–Crippen MR) is 82.8 cm³/mol. The van der Waals surface area contributed by atoms with Crippen molar-refractivity contribution >= 4 is 23.0 Å². The summed E-state index contributed by atoms with van der Waals surface area (Å²) in [6.45, 7) is 2.08. The normalized spacial score (nSPS) is 11.0. The van der Waals surface area contributed by atoms with E-state index in [-0.39, 0.29) is 11.1 Å². The second-order valence-electron chi connectivity index (χ2n) is 4.47. The fourth-order valence-corrected chi connectivity index (χ4v) is 2.95. The number of hydrogen-bond acceptors (Lipinski definition) is 4. The Bertz CT molecular complexity index is 902. The Labute approximate surface area is 126 Å². The maximum atomic E-state index is 12.2. The molecule has 0 amide bonds. The molecule has 2 rings (SSSR count). The molecule has 0 atom stereocenters. The number of aromatic nitrogens is 1. The van der Waals surface area contributed by atoms with Crippen molar-refractivity contribution in [2.24, 2.45) is 7.05 Å². The molecule has 0 aliphatic carbocycles. The van der Waals surface area contributed by atoms with Gasteiger partial charge in [-0.2, -0.15) is 10.5 Å². The average Bonchev–Trinajstić information content (AvgIpc) is 2.78. The molecule has 5 heteroatoms. The predicted octanol–water partition coefficient (Wildman–Crippen LogP) is 1.04. The maximum absolute atomic E-state index is 12.2. The third-order valence-electron chi connectivity index (χ3n) is 3.15. The molecule has 0 fully saturated rings. The summed E-state index contributed by atoms with van der Waals surface area (Å²) < 4.78 is 2.25. The van der Waals surface area contributed by atoms with Gasteiger partial charge in [-0.3, -0.25) is 4.79 Å². The van der Waals surface area contributed by atoms with Crippen LogP contribution in [0, 0.1) is 22.7 Å². The molecule has 0 spiro atoms. The standard InChI is InChI=1S/C16H13N3OS/c1-3-11-4-6-12(7-5-11)8-14-15(20)19(2)16(21-14)13(9-17)10-18/h4-8H,3H2,1-2H3/b14-8-. The van der Waals surface area contributed by atoms with Crippen LogP contribution in [0.1, 0.15) is 18.1 Å². The van der Waals surface area contributed by atoms with Crippen LogP contribution in [0.5, 0.6) is 0 Å². The molecule has 4 nitrogen and oxygen atoms in total. The van der Waals surface area contributed by atoms with Crippen molar-refractivity contribution in [2.75, 3.05) is 0 Å². The van der Waals surface area contributed by atoms with Crippen molar-refractivity contribution in [1.82, 2.24) is 4.57 Å². The van der Waals surface area contributed by atoms with Crippen LogP contribution < -0.4 is 14.8 Å². The van der Waals surface area contributed by atoms with Gasteiger partial charge in [0.15, 0.2) is 5.57 Å². The number of nitriles is 2. The molecule has 0 aliphatic heterocycles. The van der Waals surface area contributed by atoms with Gasteiger partial charge >= 0.3 is 0 Å². The fraction of sp³-hybridized carbons (Fsp3) is 0.188. The molecule has 0 aliphatic rings. The third kappa shape index (κ3) is 2.94. The molecule has 0 saturated heterocycles. The van der Waals surface area contributed by atoms with Gasteiger partial charge in [-0.25, -0.2) is 0 Å². The molecule has 1 aromatic carbocycles. The smallest absolute Gasteiger partial charge is 0.268 e. The zero-order valence-electron chi connectivity index (χ0n) is 11.8. The minimum Gasteiger partial charge on any atom is -0.300 e. The lowest BCUT2D eigenvalue weighted by Crippen LogP contribution is -2.29. The van der Waals surface area contributed by atoms with Gasteiger partial charge in [0.05, 0.1) is 4.53 Å². The van der Waals surface area contributed by atoms with Crippen molar-refractivity contribution in [1.29, 1.82) is 10.5 Å². The molecule has 2 aromatic rings. The highest BCUT2D eigenvalue weighted by atomic mass is 32.1. The van der Waals surface area contributed by atoms with Gasteiger partial charge in [-0.05, 0) is 23.6 Å². The maximum Gasteiger partial charge on any atom is 0.268 e. The topological polar surface area (TPSA) is 69.6 Å². The van der Waals surface area contributed by atoms with E-state index < -0.39 is 0 Å². The van der Waals surface area contributed by atoms with E-state index >= 15 is 0 Å². The lowest BCUT2D eigenvalue weighted by Gasteiger charge is -1.96. The molecule has 1 heterocycles. The van der Waals surface area contributed by atoms with Crippen LogP contribution in [0.4, 0.5) is 0 Å². The first kappa shape index (κ1) is 14.8. The summed E-state index contributed by atoms with van der Waals surface area (Å²) in [7, 11) is 1.57. The third-order valence-corrected chi connectivity index (χ3v) is 4.33. The summed E-state index contributed by atoms with van der Waals surface area (Å²) in [5, 5.41) is 17.8. The lowest BCUT2D eigenvalue weighted by atomic mass is 10.1. The Balaban J connectivity index is 2.66. The van der Waals surface area contributed by atoms with E-state index in [0.29, 0.717) is 9.20 Å². The average molecular weight is 295 g/mol. The van der Waals surface area contributed by atoms with Crippen LogP contribution >= 0.6 is 11.3 Å². The van der Waals surface area contributed by atoms with Gasteiger partial charge in [0, 0.05) is 7.05 Å². The highest BCUT2D eigenvalue weighted by molar-refractivity contribution is 7.07. The van der Waals surface area contributed by atoms with Gasteiger partial charge in [0.1, 0.15) is 16.8 Å². The highest BCUT2D eigenvalue weighted by Gasteiger charge is 2.05. The van der Waals surface area contributed by atoms with E-state index in [9.17, 15) is 4.79 Å². The number of aryl methyl sites for hydroxylation is 1. The van der Waals surface area contributed by atoms with Gasteiger partial charge in [0.25, 0.3) is 5.56 Å². The van der Waals surface area contributed by atoms with E-state index in [1.54, 1.807) is 13.1 Å². The van der Waals surface area contributed by atoms with Gasteiger partial charge in [-0.15, -0.1) is 11.3 Å². The summed E-state index contributed by atoms with van der Waals surface area (Å²) in [5.74, 6) is 0. The summed E-state index contributed by atoms with van der Waals surface area (Å²) in [4.78, 5) is 12.2. The minimum atomic E-state index is -0.197. The fourth-order valence-electron chi connectivity index (χ4n) is 1.91. The van der Waals surface area contributed by atoms with Crippen molar-refractivity contribution in [3.8, 4) is 12.1 Å². The van der Waals surface area contributed by atoms with E-state index in [1.807, 2.05) is 36.4 Å². The summed E-state index contributed by atoms with van der Waals surface area (Å²) >= 11 is 1.16. The molecule has 0 unspecified atom stereocenters. The van der Waals surface area contributed by atoms with Crippen LogP contribution in [0.15, 0.2) is 29.1 Å². The quantitative estimate of drug-likeness (QED) is 0.831. The molecule has 1 aromatic heterocycles. The number of nitrogens with zero attached hydrogens (tertiary/aromatic N) is 3. The molecule has 0 bridgehead atoms. The van der Waals surface area contributed by atoms with E-state index in [0.717, 1.165) is 23.3 Å². The minimum absolute atomic E-state index is 0.0411. The Morgan fingerprint density at radius 2 is 1.90 bits per heavy atom. The molecule has 0 radical (unpaired) electrons. The van der Waals surface area contributed by atoms with Crippen LogP contribution in [0.25, 0.3) is 11.6 Å². The number of benzene rings is 1. The first-order valence-corrected chi connectivity index (χ1v) is 7.23. The van der Waals surface area contributed by atoms with E-state index in [4.69, 9.17) is 10.5 Å². The van der Waals surface area contributed by atoms with Crippen molar-refractivity contribution in [2.45, 2.75) is 13.3 Å². The molecule has 0 N–H and O–H groups in total. The van der Waals surface area contributed by atoms with E-state index in [2.05, 4.69) is 6.92 Å². The van der Waals surface area contributed by atoms with Gasteiger partial charge < -0.3 is 4.57 Å². The molecular weight excluding hydrogens is 282 g/mol. The summed E-state index contributed by atoms with van der Waals surface area (Å²) in [5.41, 5.74) is 1.92. The van der Waals surface area contributed by atoms with Crippen molar-refractivity contribution in [3.05, 3.63) is 54.9 Å². The van der Waals surface area contributed by atoms with Gasteiger partial charge in [0.2, 0.25) is 0 Å². The van der Waals surface area contributed by atoms with Crippen LogP contribution in [0.3, 0.4) is 0 Å². The van der Waals surface area contributed by atoms with Crippen molar-refractivity contribution in [3.63, 3.8) is 0 Å². The Hall–Kier alpha value is -2.63.